The van der Waals surface area contributed by atoms with E-state index in [-0.39, 0.29) is 12.0 Å². The van der Waals surface area contributed by atoms with E-state index >= 15 is 0 Å². The highest BCUT2D eigenvalue weighted by molar-refractivity contribution is 6.34. The van der Waals surface area contributed by atoms with Gasteiger partial charge < -0.3 is 15.1 Å². The van der Waals surface area contributed by atoms with Crippen LogP contribution in [0.5, 0.6) is 0 Å². The zero-order valence-corrected chi connectivity index (χ0v) is 11.7. The van der Waals surface area contributed by atoms with Gasteiger partial charge in [0.15, 0.2) is 6.10 Å². The Kier molecular flexibility index (Phi) is 4.68. The van der Waals surface area contributed by atoms with E-state index < -0.39 is 6.10 Å². The van der Waals surface area contributed by atoms with Crippen molar-refractivity contribution in [2.75, 3.05) is 13.1 Å². The van der Waals surface area contributed by atoms with Crippen LogP contribution in [0.4, 0.5) is 0 Å². The molecule has 1 aromatic carbocycles. The summed E-state index contributed by atoms with van der Waals surface area (Å²) in [6, 6.07) is 4.59. The minimum atomic E-state index is -1.27. The molecule has 0 bridgehead atoms. The first kappa shape index (κ1) is 14.6. The Morgan fingerprint density at radius 2 is 1.74 bits per heavy atom. The molecule has 19 heavy (non-hydrogen) atoms. The number of carbonyl (C=O) groups excluding carboxylic acids is 1. The number of aliphatic hydroxyl groups is 2. The lowest BCUT2D eigenvalue weighted by Crippen LogP contribution is -2.42. The van der Waals surface area contributed by atoms with Gasteiger partial charge in [-0.3, -0.25) is 4.79 Å². The number of piperidine rings is 1. The lowest BCUT2D eigenvalue weighted by atomic mass is 10.0. The fourth-order valence-corrected chi connectivity index (χ4v) is 2.68. The molecule has 2 rings (SSSR count). The number of amides is 1. The molecule has 104 valence electrons. The van der Waals surface area contributed by atoms with Gasteiger partial charge in [-0.1, -0.05) is 23.2 Å². The maximum Gasteiger partial charge on any atom is 0.256 e. The Hall–Kier alpha value is -0.810. The molecular formula is C13H15Cl2NO3. The van der Waals surface area contributed by atoms with E-state index in [0.29, 0.717) is 41.5 Å². The number of rotatable bonds is 2. The van der Waals surface area contributed by atoms with E-state index in [4.69, 9.17) is 23.2 Å². The molecule has 6 heteroatoms. The standard InChI is InChI=1S/C13H15Cl2NO3/c14-9-5-8(6-10(15)7-9)12(18)13(19)16-3-1-11(17)2-4-16/h5-7,11-12,17-18H,1-4H2. The summed E-state index contributed by atoms with van der Waals surface area (Å²) in [6.07, 6.45) is -0.558. The van der Waals surface area contributed by atoms with Gasteiger partial charge in [0.2, 0.25) is 0 Å². The van der Waals surface area contributed by atoms with Crippen molar-refractivity contribution in [1.29, 1.82) is 0 Å². The van der Waals surface area contributed by atoms with Gasteiger partial charge in [-0.05, 0) is 36.6 Å². The number of benzene rings is 1. The van der Waals surface area contributed by atoms with Gasteiger partial charge in [0, 0.05) is 23.1 Å². The molecule has 0 spiro atoms. The SMILES string of the molecule is O=C(C(O)c1cc(Cl)cc(Cl)c1)N1CCC(O)CC1. The van der Waals surface area contributed by atoms with Crippen LogP contribution in [0.3, 0.4) is 0 Å². The number of hydrogen-bond acceptors (Lipinski definition) is 3. The van der Waals surface area contributed by atoms with Crippen LogP contribution in [0.25, 0.3) is 0 Å². The number of carbonyl (C=O) groups is 1. The zero-order valence-electron chi connectivity index (χ0n) is 10.2. The summed E-state index contributed by atoms with van der Waals surface area (Å²) in [5.74, 6) is -0.384. The van der Waals surface area contributed by atoms with E-state index in [2.05, 4.69) is 0 Å². The molecule has 1 atom stereocenters. The quantitative estimate of drug-likeness (QED) is 0.878. The largest absolute Gasteiger partial charge is 0.393 e. The highest BCUT2D eigenvalue weighted by Gasteiger charge is 2.27. The molecule has 1 aliphatic rings. The van der Waals surface area contributed by atoms with E-state index in [0.717, 1.165) is 0 Å². The van der Waals surface area contributed by atoms with Crippen LogP contribution in [0.15, 0.2) is 18.2 Å². The predicted molar refractivity (Wildman–Crippen MR) is 73.2 cm³/mol. The number of nitrogens with zero attached hydrogens (tertiary/aromatic N) is 1. The third kappa shape index (κ3) is 3.60. The molecule has 0 aliphatic carbocycles. The molecule has 0 aromatic heterocycles. The van der Waals surface area contributed by atoms with Crippen molar-refractivity contribution in [3.8, 4) is 0 Å². The Labute approximate surface area is 121 Å². The number of aliphatic hydroxyl groups excluding tert-OH is 2. The minimum Gasteiger partial charge on any atom is -0.393 e. The Morgan fingerprint density at radius 3 is 2.26 bits per heavy atom. The number of likely N-dealkylation sites (tertiary alicyclic amines) is 1. The first-order chi connectivity index (χ1) is 8.97. The van der Waals surface area contributed by atoms with Crippen LogP contribution in [0.2, 0.25) is 10.0 Å². The second kappa shape index (κ2) is 6.09. The van der Waals surface area contributed by atoms with Crippen molar-refractivity contribution in [2.24, 2.45) is 0 Å². The predicted octanol–water partition coefficient (Wildman–Crippen LogP) is 2.01. The van der Waals surface area contributed by atoms with E-state index in [9.17, 15) is 15.0 Å². The summed E-state index contributed by atoms with van der Waals surface area (Å²) >= 11 is 11.7. The van der Waals surface area contributed by atoms with Gasteiger partial charge in [0.05, 0.1) is 6.10 Å². The monoisotopic (exact) mass is 303 g/mol. The topological polar surface area (TPSA) is 60.8 Å². The molecule has 0 radical (unpaired) electrons. The van der Waals surface area contributed by atoms with Crippen LogP contribution in [-0.2, 0) is 4.79 Å². The highest BCUT2D eigenvalue weighted by Crippen LogP contribution is 2.25. The zero-order chi connectivity index (χ0) is 14.0. The average Bonchev–Trinajstić information content (AvgIpc) is 2.37. The average molecular weight is 304 g/mol. The maximum atomic E-state index is 12.1. The van der Waals surface area contributed by atoms with Crippen LogP contribution in [-0.4, -0.2) is 40.2 Å². The Bertz CT molecular complexity index is 453. The lowest BCUT2D eigenvalue weighted by Gasteiger charge is -2.31. The molecule has 1 saturated heterocycles. The third-order valence-corrected chi connectivity index (χ3v) is 3.65. The summed E-state index contributed by atoms with van der Waals surface area (Å²) in [5, 5.41) is 20.2. The minimum absolute atomic E-state index is 0.359. The summed E-state index contributed by atoms with van der Waals surface area (Å²) in [6.45, 7) is 0.900. The van der Waals surface area contributed by atoms with Gasteiger partial charge in [-0.25, -0.2) is 0 Å². The molecule has 2 N–H and O–H groups in total. The van der Waals surface area contributed by atoms with Crippen molar-refractivity contribution in [2.45, 2.75) is 25.0 Å². The Morgan fingerprint density at radius 1 is 1.21 bits per heavy atom. The highest BCUT2D eigenvalue weighted by atomic mass is 35.5. The van der Waals surface area contributed by atoms with Crippen LogP contribution >= 0.6 is 23.2 Å². The molecule has 1 amide bonds. The molecule has 1 fully saturated rings. The summed E-state index contributed by atoms with van der Waals surface area (Å²) < 4.78 is 0. The fourth-order valence-electron chi connectivity index (χ4n) is 2.13. The third-order valence-electron chi connectivity index (χ3n) is 3.21. The van der Waals surface area contributed by atoms with Gasteiger partial charge >= 0.3 is 0 Å². The molecular weight excluding hydrogens is 289 g/mol. The maximum absolute atomic E-state index is 12.1. The second-order valence-electron chi connectivity index (χ2n) is 4.66. The van der Waals surface area contributed by atoms with Crippen LogP contribution in [0, 0.1) is 0 Å². The fraction of sp³-hybridized carbons (Fsp3) is 0.462. The number of hydrogen-bond donors (Lipinski definition) is 2. The Balaban J connectivity index is 2.10. The van der Waals surface area contributed by atoms with Crippen LogP contribution < -0.4 is 0 Å². The van der Waals surface area contributed by atoms with Gasteiger partial charge in [-0.2, -0.15) is 0 Å². The van der Waals surface area contributed by atoms with E-state index in [1.165, 1.54) is 12.1 Å². The molecule has 4 nitrogen and oxygen atoms in total. The van der Waals surface area contributed by atoms with Crippen LogP contribution in [0.1, 0.15) is 24.5 Å². The molecule has 1 aromatic rings. The molecule has 0 saturated carbocycles. The summed E-state index contributed by atoms with van der Waals surface area (Å²) in [4.78, 5) is 13.7. The van der Waals surface area contributed by atoms with E-state index in [1.54, 1.807) is 11.0 Å². The summed E-state index contributed by atoms with van der Waals surface area (Å²) in [5.41, 5.74) is 0.383. The molecule has 1 aliphatic heterocycles. The van der Waals surface area contributed by atoms with Crippen molar-refractivity contribution < 1.29 is 15.0 Å². The van der Waals surface area contributed by atoms with Crippen molar-refractivity contribution in [3.05, 3.63) is 33.8 Å². The van der Waals surface area contributed by atoms with E-state index in [1.807, 2.05) is 0 Å². The second-order valence-corrected chi connectivity index (χ2v) is 5.53. The van der Waals surface area contributed by atoms with Crippen molar-refractivity contribution >= 4 is 29.1 Å². The van der Waals surface area contributed by atoms with Gasteiger partial charge in [0.25, 0.3) is 5.91 Å². The normalized spacial score (nSPS) is 18.4. The van der Waals surface area contributed by atoms with Gasteiger partial charge in [-0.15, -0.1) is 0 Å². The molecule has 1 unspecified atom stereocenters. The smallest absolute Gasteiger partial charge is 0.256 e. The van der Waals surface area contributed by atoms with Gasteiger partial charge in [0.1, 0.15) is 0 Å². The molecule has 1 heterocycles. The van der Waals surface area contributed by atoms with Crippen molar-refractivity contribution in [3.63, 3.8) is 0 Å². The number of halogens is 2. The summed E-state index contributed by atoms with van der Waals surface area (Å²) in [7, 11) is 0. The van der Waals surface area contributed by atoms with Crippen molar-refractivity contribution in [1.82, 2.24) is 4.90 Å². The first-order valence-electron chi connectivity index (χ1n) is 6.08. The lowest BCUT2D eigenvalue weighted by molar-refractivity contribution is -0.142. The first-order valence-corrected chi connectivity index (χ1v) is 6.84.